The second-order valence-electron chi connectivity index (χ2n) is 4.20. The number of hydrogen-bond donors (Lipinski definition) is 1. The number of benzene rings is 1. The maximum absolute atomic E-state index is 6.17. The molecule has 16 heavy (non-hydrogen) atoms. The van der Waals surface area contributed by atoms with Crippen LogP contribution < -0.4 is 5.32 Å². The Morgan fingerprint density at radius 2 is 2.12 bits per heavy atom. The molecular formula is C13H17ClN2. The monoisotopic (exact) mass is 236 g/mol. The number of para-hydroxylation sites is 1. The van der Waals surface area contributed by atoms with Crippen molar-refractivity contribution in [1.82, 2.24) is 0 Å². The van der Waals surface area contributed by atoms with Crippen LogP contribution in [0.5, 0.6) is 0 Å². The zero-order valence-electron chi connectivity index (χ0n) is 9.59. The third kappa shape index (κ3) is 2.76. The van der Waals surface area contributed by atoms with Crippen molar-refractivity contribution in [2.45, 2.75) is 32.6 Å². The van der Waals surface area contributed by atoms with Crippen LogP contribution in [-0.2, 0) is 0 Å². The fourth-order valence-corrected chi connectivity index (χ4v) is 2.18. The molecule has 0 spiro atoms. The summed E-state index contributed by atoms with van der Waals surface area (Å²) in [5.41, 5.74) is 2.17. The Balaban J connectivity index is 2.16. The van der Waals surface area contributed by atoms with Crippen LogP contribution >= 0.6 is 11.6 Å². The second-order valence-corrected chi connectivity index (χ2v) is 4.60. The molecule has 2 rings (SSSR count). The number of nitrogens with zero attached hydrogens (tertiary/aromatic N) is 1. The Bertz CT molecular complexity index is 379. The van der Waals surface area contributed by atoms with Crippen LogP contribution in [0.3, 0.4) is 0 Å². The molecule has 1 aliphatic rings. The fourth-order valence-electron chi connectivity index (χ4n) is 1.91. The summed E-state index contributed by atoms with van der Waals surface area (Å²) in [6.45, 7) is 3.00. The van der Waals surface area contributed by atoms with Gasteiger partial charge in [-0.3, -0.25) is 4.99 Å². The first-order valence-electron chi connectivity index (χ1n) is 5.83. The van der Waals surface area contributed by atoms with Gasteiger partial charge in [-0.05, 0) is 31.4 Å². The van der Waals surface area contributed by atoms with E-state index in [1.807, 2.05) is 12.1 Å². The minimum Gasteiger partial charge on any atom is -0.343 e. The van der Waals surface area contributed by atoms with Gasteiger partial charge in [0, 0.05) is 13.0 Å². The largest absolute Gasteiger partial charge is 0.343 e. The van der Waals surface area contributed by atoms with Crippen LogP contribution in [0.1, 0.15) is 31.2 Å². The van der Waals surface area contributed by atoms with Crippen molar-refractivity contribution < 1.29 is 0 Å². The quantitative estimate of drug-likeness (QED) is 0.782. The molecule has 0 amide bonds. The molecule has 0 saturated carbocycles. The number of anilines is 1. The van der Waals surface area contributed by atoms with E-state index in [-0.39, 0.29) is 0 Å². The van der Waals surface area contributed by atoms with Crippen molar-refractivity contribution in [3.8, 4) is 0 Å². The van der Waals surface area contributed by atoms with Crippen LogP contribution in [-0.4, -0.2) is 12.4 Å². The maximum Gasteiger partial charge on any atom is 0.101 e. The van der Waals surface area contributed by atoms with Crippen molar-refractivity contribution in [2.75, 3.05) is 11.9 Å². The lowest BCUT2D eigenvalue weighted by atomic mass is 10.2. The molecule has 2 nitrogen and oxygen atoms in total. The number of hydrogen-bond acceptors (Lipinski definition) is 2. The van der Waals surface area contributed by atoms with Gasteiger partial charge in [-0.25, -0.2) is 0 Å². The Morgan fingerprint density at radius 1 is 1.25 bits per heavy atom. The Kier molecular flexibility index (Phi) is 3.83. The minimum atomic E-state index is 0.770. The molecule has 0 radical (unpaired) electrons. The van der Waals surface area contributed by atoms with Gasteiger partial charge in [-0.15, -0.1) is 0 Å². The van der Waals surface area contributed by atoms with Crippen molar-refractivity contribution in [3.63, 3.8) is 0 Å². The SMILES string of the molecule is Cc1cccc(Cl)c1NC1=NCCCCC1. The number of aryl methyl sites for hydroxylation is 1. The normalized spacial score (nSPS) is 16.5. The van der Waals surface area contributed by atoms with Crippen LogP contribution in [0, 0.1) is 6.92 Å². The van der Waals surface area contributed by atoms with E-state index in [1.54, 1.807) is 0 Å². The average Bonchev–Trinajstić information content (AvgIpc) is 2.52. The summed E-state index contributed by atoms with van der Waals surface area (Å²) in [5.74, 6) is 1.08. The molecule has 0 aromatic heterocycles. The summed E-state index contributed by atoms with van der Waals surface area (Å²) in [5, 5.41) is 4.15. The van der Waals surface area contributed by atoms with Crippen LogP contribution in [0.15, 0.2) is 23.2 Å². The number of rotatable bonds is 1. The van der Waals surface area contributed by atoms with E-state index in [1.165, 1.54) is 24.8 Å². The van der Waals surface area contributed by atoms with Gasteiger partial charge in [0.1, 0.15) is 5.84 Å². The van der Waals surface area contributed by atoms with Crippen molar-refractivity contribution in [3.05, 3.63) is 28.8 Å². The highest BCUT2D eigenvalue weighted by Gasteiger charge is 2.08. The molecule has 0 fully saturated rings. The van der Waals surface area contributed by atoms with Gasteiger partial charge in [0.05, 0.1) is 10.7 Å². The van der Waals surface area contributed by atoms with Crippen LogP contribution in [0.2, 0.25) is 5.02 Å². The lowest BCUT2D eigenvalue weighted by Gasteiger charge is -2.12. The standard InChI is InChI=1S/C13H17ClN2/c1-10-6-5-7-11(14)13(10)16-12-8-3-2-4-9-15-12/h5-7H,2-4,8-9H2,1H3,(H,15,16). The van der Waals surface area contributed by atoms with Gasteiger partial charge < -0.3 is 5.32 Å². The Labute approximate surface area is 102 Å². The first-order valence-corrected chi connectivity index (χ1v) is 6.20. The summed E-state index contributed by atoms with van der Waals surface area (Å²) in [7, 11) is 0. The van der Waals surface area contributed by atoms with Crippen LogP contribution in [0.25, 0.3) is 0 Å². The lowest BCUT2D eigenvalue weighted by Crippen LogP contribution is -2.12. The first kappa shape index (κ1) is 11.5. The third-order valence-electron chi connectivity index (χ3n) is 2.87. The molecule has 0 saturated heterocycles. The molecule has 0 bridgehead atoms. The second kappa shape index (κ2) is 5.35. The number of halogens is 1. The van der Waals surface area contributed by atoms with E-state index in [9.17, 15) is 0 Å². The lowest BCUT2D eigenvalue weighted by molar-refractivity contribution is 0.731. The predicted molar refractivity (Wildman–Crippen MR) is 70.6 cm³/mol. The predicted octanol–water partition coefficient (Wildman–Crippen LogP) is 4.03. The van der Waals surface area contributed by atoms with Gasteiger partial charge in [0.15, 0.2) is 0 Å². The van der Waals surface area contributed by atoms with E-state index in [2.05, 4.69) is 23.3 Å². The number of amidine groups is 1. The summed E-state index contributed by atoms with van der Waals surface area (Å²) >= 11 is 6.17. The van der Waals surface area contributed by atoms with E-state index in [0.717, 1.165) is 29.5 Å². The summed E-state index contributed by atoms with van der Waals surface area (Å²) < 4.78 is 0. The molecule has 1 aliphatic heterocycles. The van der Waals surface area contributed by atoms with E-state index < -0.39 is 0 Å². The van der Waals surface area contributed by atoms with Crippen LogP contribution in [0.4, 0.5) is 5.69 Å². The number of aliphatic imine (C=N–C) groups is 1. The van der Waals surface area contributed by atoms with E-state index >= 15 is 0 Å². The molecule has 1 heterocycles. The van der Waals surface area contributed by atoms with Crippen molar-refractivity contribution in [1.29, 1.82) is 0 Å². The molecule has 1 N–H and O–H groups in total. The van der Waals surface area contributed by atoms with Gasteiger partial charge >= 0.3 is 0 Å². The summed E-state index contributed by atoms with van der Waals surface area (Å²) in [4.78, 5) is 4.55. The molecule has 0 unspecified atom stereocenters. The van der Waals surface area contributed by atoms with Crippen molar-refractivity contribution >= 4 is 23.1 Å². The topological polar surface area (TPSA) is 24.4 Å². The van der Waals surface area contributed by atoms with E-state index in [0.29, 0.717) is 0 Å². The van der Waals surface area contributed by atoms with Gasteiger partial charge in [0.25, 0.3) is 0 Å². The zero-order valence-corrected chi connectivity index (χ0v) is 10.3. The molecule has 86 valence electrons. The highest BCUT2D eigenvalue weighted by atomic mass is 35.5. The van der Waals surface area contributed by atoms with Gasteiger partial charge in [0.2, 0.25) is 0 Å². The Morgan fingerprint density at radius 3 is 2.94 bits per heavy atom. The molecule has 1 aromatic rings. The van der Waals surface area contributed by atoms with Crippen molar-refractivity contribution in [2.24, 2.45) is 4.99 Å². The highest BCUT2D eigenvalue weighted by molar-refractivity contribution is 6.34. The maximum atomic E-state index is 6.17. The molecule has 1 aromatic carbocycles. The summed E-state index contributed by atoms with van der Waals surface area (Å²) in [6.07, 6.45) is 4.73. The van der Waals surface area contributed by atoms with Gasteiger partial charge in [-0.1, -0.05) is 30.2 Å². The minimum absolute atomic E-state index is 0.770. The molecule has 0 atom stereocenters. The summed E-state index contributed by atoms with van der Waals surface area (Å²) in [6, 6.07) is 5.94. The average molecular weight is 237 g/mol. The molecular weight excluding hydrogens is 220 g/mol. The third-order valence-corrected chi connectivity index (χ3v) is 3.18. The zero-order chi connectivity index (χ0) is 11.4. The number of nitrogens with one attached hydrogen (secondary N) is 1. The molecule has 3 heteroatoms. The van der Waals surface area contributed by atoms with E-state index in [4.69, 9.17) is 11.6 Å². The first-order chi connectivity index (χ1) is 7.77. The molecule has 0 aliphatic carbocycles. The van der Waals surface area contributed by atoms with Gasteiger partial charge in [-0.2, -0.15) is 0 Å². The highest BCUT2D eigenvalue weighted by Crippen LogP contribution is 2.26. The smallest absolute Gasteiger partial charge is 0.101 e. The fraction of sp³-hybridized carbons (Fsp3) is 0.462. The Hall–Kier alpha value is -1.02.